The Bertz CT molecular complexity index is 7900. The van der Waals surface area contributed by atoms with Crippen molar-refractivity contribution in [2.75, 3.05) is 43.5 Å². The predicted molar refractivity (Wildman–Crippen MR) is 622 cm³/mol. The van der Waals surface area contributed by atoms with Gasteiger partial charge in [-0.15, -0.1) is 102 Å². The number of rotatable bonds is 16. The maximum absolute atomic E-state index is 5.16. The van der Waals surface area contributed by atoms with Crippen molar-refractivity contribution in [3.63, 3.8) is 0 Å². The number of hydrogen-bond donors (Lipinski definition) is 0. The molecule has 0 spiro atoms. The van der Waals surface area contributed by atoms with Crippen molar-refractivity contribution in [2.24, 2.45) is 0 Å². The molecular formula is C136H144N10Pt2-6. The van der Waals surface area contributed by atoms with Crippen LogP contribution in [0.3, 0.4) is 0 Å². The van der Waals surface area contributed by atoms with Gasteiger partial charge in [0.15, 0.2) is 0 Å². The van der Waals surface area contributed by atoms with Crippen LogP contribution >= 0.6 is 0 Å². The molecule has 12 heteroatoms. The third-order valence-electron chi connectivity index (χ3n) is 30.3. The molecule has 10 nitrogen and oxygen atoms in total. The van der Waals surface area contributed by atoms with Gasteiger partial charge in [-0.2, -0.15) is 18.2 Å². The van der Waals surface area contributed by atoms with E-state index in [-0.39, 0.29) is 96.3 Å². The zero-order valence-electron chi connectivity index (χ0n) is 92.3. The van der Waals surface area contributed by atoms with Gasteiger partial charge in [0.25, 0.3) is 0 Å². The van der Waals surface area contributed by atoms with E-state index in [0.29, 0.717) is 0 Å². The Balaban J connectivity index is 0.000000199. The number of aromatic nitrogens is 4. The minimum atomic E-state index is -0.315. The van der Waals surface area contributed by atoms with E-state index in [0.717, 1.165) is 123 Å². The topological polar surface area (TPSA) is 55.1 Å². The smallest absolute Gasteiger partial charge is 0.135 e. The Morgan fingerprint density at radius 1 is 0.230 bits per heavy atom. The van der Waals surface area contributed by atoms with Crippen LogP contribution in [0.4, 0.5) is 68.2 Å². The molecule has 0 N–H and O–H groups in total. The molecule has 2 aliphatic heterocycles. The number of pyridine rings is 2. The molecule has 6 heterocycles. The minimum Gasteiger partial charge on any atom is -0.493 e. The van der Waals surface area contributed by atoms with Crippen molar-refractivity contribution in [1.82, 2.24) is 19.1 Å². The van der Waals surface area contributed by atoms with E-state index in [4.69, 9.17) is 9.97 Å². The van der Waals surface area contributed by atoms with E-state index in [2.05, 4.69) is 587 Å². The summed E-state index contributed by atoms with van der Waals surface area (Å²) in [5, 5.41) is 4.56. The summed E-state index contributed by atoms with van der Waals surface area (Å²) in [6.45, 7) is 69.0. The second-order valence-corrected chi connectivity index (χ2v) is 49.9. The molecule has 0 saturated carbocycles. The zero-order valence-corrected chi connectivity index (χ0v) is 96.8. The third kappa shape index (κ3) is 21.0. The number of para-hydroxylation sites is 4. The fraction of sp³-hybridized carbons (Fsp3) is 0.294. The Morgan fingerprint density at radius 3 is 0.946 bits per heavy atom. The quantitative estimate of drug-likeness (QED) is 0.0887. The van der Waals surface area contributed by atoms with E-state index in [1.165, 1.54) is 89.0 Å². The Morgan fingerprint density at radius 2 is 0.554 bits per heavy atom. The molecule has 0 atom stereocenters. The second kappa shape index (κ2) is 39.6. The summed E-state index contributed by atoms with van der Waals surface area (Å²) >= 11 is 0. The Labute approximate surface area is 911 Å². The van der Waals surface area contributed by atoms with Crippen LogP contribution in [-0.2, 0) is 96.3 Å². The maximum Gasteiger partial charge on any atom is 0.135 e. The van der Waals surface area contributed by atoms with Gasteiger partial charge in [-0.3, -0.25) is 0 Å². The van der Waals surface area contributed by atoms with E-state index >= 15 is 0 Å². The molecule has 0 amide bonds. The molecule has 4 aromatic heterocycles. The zero-order chi connectivity index (χ0) is 104. The first-order valence-corrected chi connectivity index (χ1v) is 52.0. The predicted octanol–water partition coefficient (Wildman–Crippen LogP) is 36.3. The molecule has 20 rings (SSSR count). The van der Waals surface area contributed by atoms with E-state index < -0.39 is 0 Å². The van der Waals surface area contributed by atoms with Crippen molar-refractivity contribution in [3.05, 3.63) is 420 Å². The van der Waals surface area contributed by atoms with Crippen LogP contribution in [0.25, 0.3) is 77.5 Å². The third-order valence-corrected chi connectivity index (χ3v) is 30.3. The van der Waals surface area contributed by atoms with Gasteiger partial charge in [-0.25, -0.2) is 9.97 Å². The molecule has 18 aromatic rings. The van der Waals surface area contributed by atoms with E-state index in [9.17, 15) is 0 Å². The number of fused-ring (bicyclic) bond motifs is 8. The molecule has 0 radical (unpaired) electrons. The fourth-order valence-corrected chi connectivity index (χ4v) is 20.4. The molecular weight excluding hydrogens is 2160 g/mol. The van der Waals surface area contributed by atoms with Gasteiger partial charge in [-0.05, 0) is 222 Å². The van der Waals surface area contributed by atoms with E-state index in [1.807, 2.05) is 12.4 Å². The van der Waals surface area contributed by atoms with Crippen molar-refractivity contribution in [3.8, 4) is 33.9 Å². The van der Waals surface area contributed by atoms with Gasteiger partial charge in [0.05, 0.1) is 0 Å². The van der Waals surface area contributed by atoms with Crippen molar-refractivity contribution >= 4 is 112 Å². The summed E-state index contributed by atoms with van der Waals surface area (Å²) in [5.74, 6) is 1.72. The molecule has 764 valence electrons. The number of anilines is 12. The van der Waals surface area contributed by atoms with Crippen LogP contribution in [0.5, 0.6) is 0 Å². The van der Waals surface area contributed by atoms with Crippen LogP contribution in [-0.4, -0.2) is 33.2 Å². The van der Waals surface area contributed by atoms with Crippen molar-refractivity contribution in [1.29, 1.82) is 0 Å². The average Bonchev–Trinajstić information content (AvgIpc) is 1.59. The molecule has 0 aliphatic carbocycles. The molecule has 148 heavy (non-hydrogen) atoms. The molecule has 0 bridgehead atoms. The number of benzene rings is 14. The molecule has 14 aromatic carbocycles. The largest absolute Gasteiger partial charge is 0.493 e. The normalized spacial score (nSPS) is 13.4. The van der Waals surface area contributed by atoms with Gasteiger partial charge in [-0.1, -0.05) is 391 Å². The molecule has 0 saturated heterocycles. The fourth-order valence-electron chi connectivity index (χ4n) is 20.4. The summed E-state index contributed by atoms with van der Waals surface area (Å²) in [7, 11) is 4.26. The van der Waals surface area contributed by atoms with Gasteiger partial charge < -0.3 is 38.5 Å². The minimum absolute atomic E-state index is 0. The van der Waals surface area contributed by atoms with Crippen LogP contribution < -0.4 is 29.4 Å². The van der Waals surface area contributed by atoms with Gasteiger partial charge >= 0.3 is 0 Å². The molecule has 2 aliphatic rings. The SMILES string of the molecule is CN(c1[c-]c(N2[CH-]N(c3cc(C(C)(C)C)cc(C(C)(C)C)c3)c3ccccc32)ccc1)c1[c-]c2c(cc1)c1cc(-c3ccccc3)ccc1n2-c1cc(C(C)(C)c2cc(C(C)(C)C)cc(C(C)(C)C)c2)ccn1.CN(c1[c-]c2c(cc1)c1cc(-c3ccccc3)ccc1n2-c1cc(C(C)(C)c2ccc(C(C)(C)C)cc2)ccn1)c1[c-]c(N2[CH-]N(c3cc(C(C)(C)C)cc(C(C)(C)C)c3)c3ccccc32)cc(C(C)(C)C)c1.[Pt].[Pt]. The summed E-state index contributed by atoms with van der Waals surface area (Å²) in [6, 6.07) is 128. The van der Waals surface area contributed by atoms with Crippen LogP contribution in [0.1, 0.15) is 261 Å². The Kier molecular flexibility index (Phi) is 28.5. The molecule has 0 fully saturated rings. The van der Waals surface area contributed by atoms with Crippen molar-refractivity contribution in [2.45, 2.75) is 248 Å². The first-order valence-electron chi connectivity index (χ1n) is 52.0. The van der Waals surface area contributed by atoms with Crippen LogP contribution in [0, 0.1) is 37.6 Å². The molecule has 0 unspecified atom stereocenters. The second-order valence-electron chi connectivity index (χ2n) is 49.9. The number of hydrogen-bond acceptors (Lipinski definition) is 8. The van der Waals surface area contributed by atoms with Crippen LogP contribution in [0.15, 0.2) is 316 Å². The van der Waals surface area contributed by atoms with Gasteiger partial charge in [0, 0.05) is 125 Å². The van der Waals surface area contributed by atoms with E-state index in [1.54, 1.807) is 0 Å². The number of nitrogens with zero attached hydrogens (tertiary/aromatic N) is 10. The summed E-state index contributed by atoms with van der Waals surface area (Å²) in [5.41, 5.74) is 36.2. The first kappa shape index (κ1) is 106. The van der Waals surface area contributed by atoms with Gasteiger partial charge in [0.2, 0.25) is 0 Å². The average molecular weight is 2310 g/mol. The summed E-state index contributed by atoms with van der Waals surface area (Å²) in [6.07, 6.45) is 3.95. The van der Waals surface area contributed by atoms with Gasteiger partial charge in [0.1, 0.15) is 11.6 Å². The maximum atomic E-state index is 5.16. The summed E-state index contributed by atoms with van der Waals surface area (Å²) < 4.78 is 4.62. The summed E-state index contributed by atoms with van der Waals surface area (Å²) in [4.78, 5) is 24.0. The Hall–Kier alpha value is -12.8. The standard InChI is InChI=1S/2C68H72N5.2Pt/c1-64(2,3)48-35-49(65(4,5)6)38-52(37-48)68(13,14)47-32-33-69-63(41-47)73-59-31-28-46(45-22-17-16-18-23-45)34-58(59)57-30-29-54(43-62(57)73)70(15)53-24-21-25-55(42-53)71-44-72(61-27-20-19-26-60(61)71)56-39-50(66(7,8)9)36-51(40-56)67(10,11)12;1-64(2,3)47-26-28-48(29-27-47)68(13,14)49-33-34-69-63(41-49)73-59-32-25-46(45-21-17-16-18-22-45)35-58(59)57-31-30-53(43-62(57)73)70(15)54-37-52(67(10,11)12)40-56(42-54)72-44-71(60-23-19-20-24-61(60)72)55-38-50(65(4,5)6)36-51(39-55)66(7,8)9;;/h2*16-41,44H,1-15H3;;/q2*-3;;. The first-order chi connectivity index (χ1) is 68.7. The van der Waals surface area contributed by atoms with Crippen molar-refractivity contribution < 1.29 is 42.1 Å². The van der Waals surface area contributed by atoms with Crippen LogP contribution in [0.2, 0.25) is 0 Å². The monoisotopic (exact) mass is 2310 g/mol.